The van der Waals surface area contributed by atoms with Crippen molar-refractivity contribution in [3.05, 3.63) is 71.8 Å². The Balaban J connectivity index is 1.45. The number of aryl methyl sites for hydroxylation is 1. The molecule has 1 saturated heterocycles. The molecule has 7 nitrogen and oxygen atoms in total. The fourth-order valence-corrected chi connectivity index (χ4v) is 3.86. The summed E-state index contributed by atoms with van der Waals surface area (Å²) in [5.74, 6) is 0.937. The van der Waals surface area contributed by atoms with Crippen molar-refractivity contribution in [1.82, 2.24) is 29.6 Å². The summed E-state index contributed by atoms with van der Waals surface area (Å²) in [6, 6.07) is 13.6. The third-order valence-corrected chi connectivity index (χ3v) is 5.27. The fourth-order valence-electron chi connectivity index (χ4n) is 3.86. The highest BCUT2D eigenvalue weighted by Gasteiger charge is 2.34. The maximum absolute atomic E-state index is 13.2. The predicted octanol–water partition coefficient (Wildman–Crippen LogP) is 3.57. The molecule has 8 heteroatoms. The van der Waals surface area contributed by atoms with Gasteiger partial charge in [0.2, 0.25) is 5.82 Å². The molecule has 1 N–H and O–H groups in total. The van der Waals surface area contributed by atoms with Crippen LogP contribution in [-0.4, -0.2) is 42.1 Å². The molecule has 1 fully saturated rings. The number of nitrogens with zero attached hydrogens (tertiary/aromatic N) is 5. The Kier molecular flexibility index (Phi) is 4.12. The highest BCUT2D eigenvalue weighted by molar-refractivity contribution is 5.91. The topological polar surface area (TPSA) is 79.7 Å². The first kappa shape index (κ1) is 17.5. The number of imidazole rings is 1. The lowest BCUT2D eigenvalue weighted by atomic mass is 10.2. The zero-order valence-corrected chi connectivity index (χ0v) is 15.8. The lowest BCUT2D eigenvalue weighted by Crippen LogP contribution is -2.32. The third-order valence-electron chi connectivity index (χ3n) is 5.27. The summed E-state index contributed by atoms with van der Waals surface area (Å²) < 4.78 is 14.8. The predicted molar refractivity (Wildman–Crippen MR) is 105 cm³/mol. The Morgan fingerprint density at radius 2 is 1.93 bits per heavy atom. The van der Waals surface area contributed by atoms with E-state index in [1.54, 1.807) is 28.6 Å². The van der Waals surface area contributed by atoms with Crippen molar-refractivity contribution in [2.75, 3.05) is 6.54 Å². The first-order valence-electron chi connectivity index (χ1n) is 9.55. The maximum atomic E-state index is 13.2. The van der Waals surface area contributed by atoms with Gasteiger partial charge in [0.15, 0.2) is 0 Å². The molecule has 2 aromatic carbocycles. The van der Waals surface area contributed by atoms with E-state index >= 15 is 0 Å². The van der Waals surface area contributed by atoms with Gasteiger partial charge in [-0.25, -0.2) is 19.0 Å². The van der Waals surface area contributed by atoms with Crippen molar-refractivity contribution >= 4 is 16.9 Å². The van der Waals surface area contributed by atoms with Crippen LogP contribution in [0.25, 0.3) is 16.7 Å². The van der Waals surface area contributed by atoms with Crippen molar-refractivity contribution in [1.29, 1.82) is 0 Å². The molecule has 1 amide bonds. The molecule has 146 valence electrons. The Morgan fingerprint density at radius 1 is 1.14 bits per heavy atom. The van der Waals surface area contributed by atoms with Crippen LogP contribution in [-0.2, 0) is 0 Å². The minimum atomic E-state index is -0.325. The molecule has 1 aliphatic heterocycles. The van der Waals surface area contributed by atoms with Gasteiger partial charge in [-0.05, 0) is 56.2 Å². The number of carbonyl (C=O) groups excluding carboxylic acids is 1. The first-order valence-corrected chi connectivity index (χ1v) is 9.55. The Morgan fingerprint density at radius 3 is 2.72 bits per heavy atom. The molecule has 5 rings (SSSR count). The number of benzene rings is 2. The van der Waals surface area contributed by atoms with Crippen LogP contribution in [0.3, 0.4) is 0 Å². The fraction of sp³-hybridized carbons (Fsp3) is 0.238. The van der Waals surface area contributed by atoms with Gasteiger partial charge in [0, 0.05) is 6.54 Å². The molecule has 1 atom stereocenters. The zero-order chi connectivity index (χ0) is 20.0. The summed E-state index contributed by atoms with van der Waals surface area (Å²) in [5.41, 5.74) is 2.50. The van der Waals surface area contributed by atoms with E-state index in [0.29, 0.717) is 18.1 Å². The molecule has 0 bridgehead atoms. The van der Waals surface area contributed by atoms with Crippen LogP contribution in [0.1, 0.15) is 41.2 Å². The second kappa shape index (κ2) is 6.80. The lowest BCUT2D eigenvalue weighted by molar-refractivity contribution is 0.0718. The Bertz CT molecular complexity index is 1160. The summed E-state index contributed by atoms with van der Waals surface area (Å²) in [6.45, 7) is 2.40. The molecule has 29 heavy (non-hydrogen) atoms. The maximum Gasteiger partial charge on any atom is 0.294 e. The minimum Gasteiger partial charge on any atom is -0.340 e. The number of carbonyl (C=O) groups is 1. The van der Waals surface area contributed by atoms with Gasteiger partial charge in [0.05, 0.1) is 22.8 Å². The molecule has 0 aliphatic carbocycles. The van der Waals surface area contributed by atoms with Crippen LogP contribution in [0.5, 0.6) is 0 Å². The SMILES string of the molecule is Cc1nc(C(=O)N2CCC[C@@H]2c2nc3ccccc3[nH]2)nn1-c1ccc(F)cc1. The van der Waals surface area contributed by atoms with E-state index in [2.05, 4.69) is 20.1 Å². The largest absolute Gasteiger partial charge is 0.340 e. The molecular formula is C21H19FN6O. The second-order valence-electron chi connectivity index (χ2n) is 7.17. The van der Waals surface area contributed by atoms with E-state index in [9.17, 15) is 9.18 Å². The molecule has 4 aromatic rings. The molecule has 0 radical (unpaired) electrons. The normalized spacial score (nSPS) is 16.6. The molecular weight excluding hydrogens is 371 g/mol. The summed E-state index contributed by atoms with van der Waals surface area (Å²) in [7, 11) is 0. The highest BCUT2D eigenvalue weighted by Crippen LogP contribution is 2.32. The number of hydrogen-bond acceptors (Lipinski definition) is 4. The number of halogens is 1. The van der Waals surface area contributed by atoms with Gasteiger partial charge in [-0.2, -0.15) is 0 Å². The van der Waals surface area contributed by atoms with Gasteiger partial charge in [-0.1, -0.05) is 12.1 Å². The number of likely N-dealkylation sites (tertiary alicyclic amines) is 1. The number of nitrogens with one attached hydrogen (secondary N) is 1. The molecule has 2 aromatic heterocycles. The zero-order valence-electron chi connectivity index (χ0n) is 15.8. The number of aromatic nitrogens is 5. The average molecular weight is 390 g/mol. The summed E-state index contributed by atoms with van der Waals surface area (Å²) in [6.07, 6.45) is 1.73. The molecule has 0 saturated carbocycles. The summed E-state index contributed by atoms with van der Waals surface area (Å²) in [5, 5.41) is 4.39. The van der Waals surface area contributed by atoms with Crippen LogP contribution in [0.2, 0.25) is 0 Å². The number of hydrogen-bond donors (Lipinski definition) is 1. The summed E-state index contributed by atoms with van der Waals surface area (Å²) in [4.78, 5) is 27.3. The molecule has 0 spiro atoms. The van der Waals surface area contributed by atoms with E-state index in [1.807, 2.05) is 24.3 Å². The van der Waals surface area contributed by atoms with Gasteiger partial charge in [-0.15, -0.1) is 5.10 Å². The van der Waals surface area contributed by atoms with Crippen molar-refractivity contribution in [2.24, 2.45) is 0 Å². The van der Waals surface area contributed by atoms with Crippen LogP contribution in [0.15, 0.2) is 48.5 Å². The third kappa shape index (κ3) is 3.06. The number of aromatic amines is 1. The smallest absolute Gasteiger partial charge is 0.294 e. The van der Waals surface area contributed by atoms with E-state index in [-0.39, 0.29) is 23.6 Å². The quantitative estimate of drug-likeness (QED) is 0.580. The van der Waals surface area contributed by atoms with Crippen LogP contribution in [0, 0.1) is 12.7 Å². The van der Waals surface area contributed by atoms with E-state index in [1.165, 1.54) is 12.1 Å². The van der Waals surface area contributed by atoms with Gasteiger partial charge < -0.3 is 9.88 Å². The van der Waals surface area contributed by atoms with Crippen molar-refractivity contribution in [3.63, 3.8) is 0 Å². The minimum absolute atomic E-state index is 0.132. The van der Waals surface area contributed by atoms with Crippen LogP contribution < -0.4 is 0 Å². The lowest BCUT2D eigenvalue weighted by Gasteiger charge is -2.21. The van der Waals surface area contributed by atoms with E-state index in [0.717, 1.165) is 29.7 Å². The molecule has 0 unspecified atom stereocenters. The second-order valence-corrected chi connectivity index (χ2v) is 7.17. The number of fused-ring (bicyclic) bond motifs is 1. The highest BCUT2D eigenvalue weighted by atomic mass is 19.1. The van der Waals surface area contributed by atoms with Gasteiger partial charge in [0.25, 0.3) is 5.91 Å². The van der Waals surface area contributed by atoms with Crippen LogP contribution >= 0.6 is 0 Å². The summed E-state index contributed by atoms with van der Waals surface area (Å²) >= 11 is 0. The van der Waals surface area contributed by atoms with Crippen molar-refractivity contribution < 1.29 is 9.18 Å². The molecule has 1 aliphatic rings. The molecule has 3 heterocycles. The van der Waals surface area contributed by atoms with E-state index < -0.39 is 0 Å². The number of H-pyrrole nitrogens is 1. The van der Waals surface area contributed by atoms with Crippen LogP contribution in [0.4, 0.5) is 4.39 Å². The van der Waals surface area contributed by atoms with Gasteiger partial charge in [-0.3, -0.25) is 4.79 Å². The number of para-hydroxylation sites is 2. The number of amides is 1. The Labute approximate surface area is 166 Å². The monoisotopic (exact) mass is 390 g/mol. The van der Waals surface area contributed by atoms with Crippen molar-refractivity contribution in [3.8, 4) is 5.69 Å². The Hall–Kier alpha value is -3.55. The van der Waals surface area contributed by atoms with Gasteiger partial charge in [0.1, 0.15) is 17.5 Å². The van der Waals surface area contributed by atoms with Gasteiger partial charge >= 0.3 is 0 Å². The average Bonchev–Trinajstić information content (AvgIpc) is 3.45. The standard InChI is InChI=1S/C21H19FN6O/c1-13-23-20(26-28(13)15-10-8-14(22)9-11-15)21(29)27-12-4-7-18(27)19-24-16-5-2-3-6-17(16)25-19/h2-3,5-6,8-11,18H,4,7,12H2,1H3,(H,24,25)/t18-/m1/s1. The van der Waals surface area contributed by atoms with E-state index in [4.69, 9.17) is 0 Å². The number of rotatable bonds is 3. The first-order chi connectivity index (χ1) is 14.1. The van der Waals surface area contributed by atoms with Crippen molar-refractivity contribution in [2.45, 2.75) is 25.8 Å².